The predicted octanol–water partition coefficient (Wildman–Crippen LogP) is 1.53. The molecule has 212 valence electrons. The Kier molecular flexibility index (Phi) is 8.21. The Morgan fingerprint density at radius 3 is 2.21 bits per heavy atom. The molecule has 10 nitrogen and oxygen atoms in total. The van der Waals surface area contributed by atoms with E-state index in [1.165, 1.54) is 40.9 Å². The van der Waals surface area contributed by atoms with Crippen molar-refractivity contribution in [1.82, 2.24) is 14.5 Å². The predicted molar refractivity (Wildman–Crippen MR) is 132 cm³/mol. The Labute approximate surface area is 227 Å². The molecule has 4 rings (SSSR count). The molecule has 2 saturated heterocycles. The summed E-state index contributed by atoms with van der Waals surface area (Å²) in [6, 6.07) is 6.76. The summed E-state index contributed by atoms with van der Waals surface area (Å²) in [5, 5.41) is 11.2. The first-order valence-corrected chi connectivity index (χ1v) is 15.7. The summed E-state index contributed by atoms with van der Waals surface area (Å²) in [4.78, 5) is 24.3. The van der Waals surface area contributed by atoms with Crippen LogP contribution in [0.5, 0.6) is 0 Å². The fourth-order valence-electron chi connectivity index (χ4n) is 4.40. The highest BCUT2D eigenvalue weighted by molar-refractivity contribution is 7.99. The third kappa shape index (κ3) is 6.18. The summed E-state index contributed by atoms with van der Waals surface area (Å²) in [6.45, 7) is 0.0885. The minimum atomic E-state index is -5.08. The molecule has 1 atom stereocenters. The van der Waals surface area contributed by atoms with Crippen LogP contribution in [0.25, 0.3) is 0 Å². The number of carbonyl (C=O) groups is 2. The molecule has 0 aromatic heterocycles. The highest BCUT2D eigenvalue weighted by Gasteiger charge is 2.40. The number of alkyl halides is 3. The Morgan fingerprint density at radius 2 is 1.62 bits per heavy atom. The van der Waals surface area contributed by atoms with Crippen molar-refractivity contribution in [3.05, 3.63) is 54.1 Å². The third-order valence-electron chi connectivity index (χ3n) is 6.44. The highest BCUT2D eigenvalue weighted by atomic mass is 32.2. The van der Waals surface area contributed by atoms with Crippen molar-refractivity contribution < 1.29 is 44.7 Å². The van der Waals surface area contributed by atoms with E-state index in [0.717, 1.165) is 4.90 Å². The van der Waals surface area contributed by atoms with Crippen LogP contribution >= 0.6 is 11.8 Å². The van der Waals surface area contributed by atoms with E-state index in [1.807, 2.05) is 0 Å². The monoisotopic (exact) mass is 606 g/mol. The first kappa shape index (κ1) is 29.2. The van der Waals surface area contributed by atoms with Gasteiger partial charge < -0.3 is 19.7 Å². The van der Waals surface area contributed by atoms with Gasteiger partial charge in [0.2, 0.25) is 25.8 Å². The van der Waals surface area contributed by atoms with E-state index in [4.69, 9.17) is 0 Å². The van der Waals surface area contributed by atoms with Crippen LogP contribution in [0.4, 0.5) is 18.0 Å². The molecular weight excluding hydrogens is 583 g/mol. The molecule has 16 heteroatoms. The number of hydrogen-bond donors (Lipinski definition) is 1. The average Bonchev–Trinajstić information content (AvgIpc) is 3.39. The summed E-state index contributed by atoms with van der Waals surface area (Å²) in [6.07, 6.45) is -6.45. The zero-order chi connectivity index (χ0) is 28.6. The maximum atomic E-state index is 13.7. The Bertz CT molecular complexity index is 1460. The lowest BCUT2D eigenvalue weighted by atomic mass is 10.1. The minimum absolute atomic E-state index is 0.0443. The van der Waals surface area contributed by atoms with Gasteiger partial charge in [0.05, 0.1) is 26.1 Å². The van der Waals surface area contributed by atoms with E-state index < -0.39 is 65.5 Å². The number of rotatable bonds is 6. The SMILES string of the molecule is O=C([C@@H]1CSCN1C(=O)[O-])N1CCC(NS(=O)(=O)c2cc(S(=O)(=O)c3ccccc3)ccc2C(F)(F)F)CC1. The number of carbonyl (C=O) groups excluding carboxylic acids is 2. The summed E-state index contributed by atoms with van der Waals surface area (Å²) in [5.41, 5.74) is -1.52. The maximum Gasteiger partial charge on any atom is 0.417 e. The number of benzene rings is 2. The molecule has 2 aromatic rings. The van der Waals surface area contributed by atoms with Gasteiger partial charge in [-0.15, -0.1) is 11.8 Å². The number of sulfone groups is 1. The number of thioether (sulfide) groups is 1. The van der Waals surface area contributed by atoms with Gasteiger partial charge in [0.25, 0.3) is 0 Å². The molecule has 0 spiro atoms. The zero-order valence-electron chi connectivity index (χ0n) is 20.1. The van der Waals surface area contributed by atoms with Crippen molar-refractivity contribution in [2.75, 3.05) is 24.7 Å². The van der Waals surface area contributed by atoms with Gasteiger partial charge in [0, 0.05) is 24.9 Å². The quantitative estimate of drug-likeness (QED) is 0.522. The number of carboxylic acid groups (broad SMARTS) is 1. The Morgan fingerprint density at radius 1 is 0.974 bits per heavy atom. The molecule has 2 fully saturated rings. The molecule has 2 heterocycles. The van der Waals surface area contributed by atoms with Gasteiger partial charge >= 0.3 is 6.18 Å². The number of nitrogens with one attached hydrogen (secondary N) is 1. The van der Waals surface area contributed by atoms with Crippen molar-refractivity contribution in [3.63, 3.8) is 0 Å². The van der Waals surface area contributed by atoms with Crippen LogP contribution in [0.2, 0.25) is 0 Å². The topological polar surface area (TPSA) is 144 Å². The molecule has 2 aromatic carbocycles. The second-order valence-corrected chi connectivity index (χ2v) is 13.6. The number of halogens is 3. The van der Waals surface area contributed by atoms with E-state index >= 15 is 0 Å². The van der Waals surface area contributed by atoms with Gasteiger partial charge in [-0.2, -0.15) is 13.2 Å². The van der Waals surface area contributed by atoms with Crippen LogP contribution in [-0.4, -0.2) is 75.4 Å². The molecule has 1 N–H and O–H groups in total. The van der Waals surface area contributed by atoms with Gasteiger partial charge in [-0.25, -0.2) is 21.6 Å². The average molecular weight is 607 g/mol. The molecule has 0 unspecified atom stereocenters. The van der Waals surface area contributed by atoms with Gasteiger partial charge in [-0.05, 0) is 43.2 Å². The molecule has 2 aliphatic heterocycles. The van der Waals surface area contributed by atoms with Gasteiger partial charge in [-0.1, -0.05) is 18.2 Å². The Balaban J connectivity index is 1.54. The molecule has 2 aliphatic rings. The van der Waals surface area contributed by atoms with Crippen LogP contribution in [0.3, 0.4) is 0 Å². The van der Waals surface area contributed by atoms with E-state index in [0.29, 0.717) is 18.2 Å². The van der Waals surface area contributed by atoms with Crippen molar-refractivity contribution >= 4 is 43.6 Å². The summed E-state index contributed by atoms with van der Waals surface area (Å²) >= 11 is 1.25. The number of hydrogen-bond acceptors (Lipinski definition) is 8. The lowest BCUT2D eigenvalue weighted by Crippen LogP contribution is -2.55. The molecule has 0 aliphatic carbocycles. The zero-order valence-corrected chi connectivity index (χ0v) is 22.6. The van der Waals surface area contributed by atoms with E-state index in [-0.39, 0.29) is 42.5 Å². The van der Waals surface area contributed by atoms with Crippen LogP contribution < -0.4 is 9.83 Å². The molecule has 0 bridgehead atoms. The van der Waals surface area contributed by atoms with Crippen LogP contribution in [0.15, 0.2) is 63.2 Å². The second-order valence-electron chi connectivity index (χ2n) is 8.94. The number of piperidine rings is 1. The molecule has 2 amide bonds. The highest BCUT2D eigenvalue weighted by Crippen LogP contribution is 2.36. The summed E-state index contributed by atoms with van der Waals surface area (Å²) in [7, 11) is -9.16. The first-order chi connectivity index (χ1) is 18.2. The van der Waals surface area contributed by atoms with Crippen LogP contribution in [-0.2, 0) is 30.8 Å². The molecule has 39 heavy (non-hydrogen) atoms. The number of nitrogens with zero attached hydrogens (tertiary/aromatic N) is 2. The smallest absolute Gasteiger partial charge is 0.417 e. The van der Waals surface area contributed by atoms with E-state index in [2.05, 4.69) is 4.72 Å². The van der Waals surface area contributed by atoms with E-state index in [9.17, 15) is 44.7 Å². The van der Waals surface area contributed by atoms with Crippen molar-refractivity contribution in [2.45, 2.75) is 45.8 Å². The van der Waals surface area contributed by atoms with Crippen molar-refractivity contribution in [3.8, 4) is 0 Å². The number of likely N-dealkylation sites (tertiary alicyclic amines) is 1. The lowest BCUT2D eigenvalue weighted by Gasteiger charge is -2.36. The maximum absolute atomic E-state index is 13.7. The third-order valence-corrected chi connectivity index (χ3v) is 10.8. The summed E-state index contributed by atoms with van der Waals surface area (Å²) < 4.78 is 95.7. The van der Waals surface area contributed by atoms with E-state index in [1.54, 1.807) is 6.07 Å². The second kappa shape index (κ2) is 11.0. The minimum Gasteiger partial charge on any atom is -0.530 e. The molecular formula is C23H23F3N3O7S3-. The molecule has 0 radical (unpaired) electrons. The lowest BCUT2D eigenvalue weighted by molar-refractivity contribution is -0.265. The number of sulfonamides is 1. The van der Waals surface area contributed by atoms with Crippen LogP contribution in [0, 0.1) is 0 Å². The normalized spacial score (nSPS) is 19.3. The van der Waals surface area contributed by atoms with Crippen molar-refractivity contribution in [1.29, 1.82) is 0 Å². The molecule has 0 saturated carbocycles. The fourth-order valence-corrected chi connectivity index (χ4v) is 8.47. The van der Waals surface area contributed by atoms with Gasteiger partial charge in [0.1, 0.15) is 12.1 Å². The van der Waals surface area contributed by atoms with Crippen molar-refractivity contribution in [2.24, 2.45) is 0 Å². The number of amides is 2. The first-order valence-electron chi connectivity index (χ1n) is 11.6. The largest absolute Gasteiger partial charge is 0.530 e. The summed E-state index contributed by atoms with van der Waals surface area (Å²) in [5.74, 6) is -0.110. The van der Waals surface area contributed by atoms with Gasteiger partial charge in [0.15, 0.2) is 0 Å². The fraction of sp³-hybridized carbons (Fsp3) is 0.391. The van der Waals surface area contributed by atoms with Gasteiger partial charge in [-0.3, -0.25) is 4.79 Å². The van der Waals surface area contributed by atoms with Crippen LogP contribution in [0.1, 0.15) is 18.4 Å². The standard InChI is InChI=1S/C23H24F3N3O7S3/c24-23(25,26)18-7-6-17(38(33,34)16-4-2-1-3-5-16)12-20(18)39(35,36)27-15-8-10-28(11-9-15)21(30)19-13-37-14-29(19)22(31)32/h1-7,12,15,19,27H,8-11,13-14H2,(H,31,32)/p-1/t19-/m0/s1. The Hall–Kier alpha value is -2.82.